The molecule has 0 bridgehead atoms. The van der Waals surface area contributed by atoms with Crippen LogP contribution < -0.4 is 0 Å². The number of carbonyl (C=O) groups is 1. The quantitative estimate of drug-likeness (QED) is 0.713. The molecular formula is C10H18ClNO2. The Morgan fingerprint density at radius 3 is 2.64 bits per heavy atom. The van der Waals surface area contributed by atoms with Gasteiger partial charge in [-0.15, -0.1) is 11.6 Å². The maximum atomic E-state index is 11.7. The Morgan fingerprint density at radius 2 is 2.14 bits per heavy atom. The van der Waals surface area contributed by atoms with Crippen LogP contribution in [0, 0.1) is 0 Å². The van der Waals surface area contributed by atoms with Gasteiger partial charge in [-0.3, -0.25) is 4.79 Å². The van der Waals surface area contributed by atoms with Crippen molar-refractivity contribution in [3.8, 4) is 0 Å². The van der Waals surface area contributed by atoms with Crippen LogP contribution in [0.15, 0.2) is 0 Å². The SMILES string of the molecule is C[C@H](Cl)C(=O)N1CCCC[C@@H]1[C@@H](C)O. The van der Waals surface area contributed by atoms with E-state index in [0.717, 1.165) is 25.8 Å². The highest BCUT2D eigenvalue weighted by atomic mass is 35.5. The van der Waals surface area contributed by atoms with Gasteiger partial charge in [-0.05, 0) is 33.1 Å². The van der Waals surface area contributed by atoms with Gasteiger partial charge in [0, 0.05) is 6.54 Å². The highest BCUT2D eigenvalue weighted by Crippen LogP contribution is 2.21. The monoisotopic (exact) mass is 219 g/mol. The Hall–Kier alpha value is -0.280. The number of alkyl halides is 1. The van der Waals surface area contributed by atoms with Gasteiger partial charge in [0.15, 0.2) is 0 Å². The molecule has 14 heavy (non-hydrogen) atoms. The third-order valence-corrected chi connectivity index (χ3v) is 2.92. The molecule has 0 aromatic rings. The average Bonchev–Trinajstić information content (AvgIpc) is 2.16. The van der Waals surface area contributed by atoms with Gasteiger partial charge in [-0.25, -0.2) is 0 Å². The summed E-state index contributed by atoms with van der Waals surface area (Å²) < 4.78 is 0. The summed E-state index contributed by atoms with van der Waals surface area (Å²) in [5, 5.41) is 9.05. The van der Waals surface area contributed by atoms with Crippen LogP contribution in [0.5, 0.6) is 0 Å². The molecule has 0 saturated carbocycles. The van der Waals surface area contributed by atoms with Crippen molar-refractivity contribution in [3.05, 3.63) is 0 Å². The van der Waals surface area contributed by atoms with E-state index in [-0.39, 0.29) is 11.9 Å². The minimum absolute atomic E-state index is 0.0440. The average molecular weight is 220 g/mol. The van der Waals surface area contributed by atoms with Gasteiger partial charge >= 0.3 is 0 Å². The van der Waals surface area contributed by atoms with Crippen molar-refractivity contribution >= 4 is 17.5 Å². The number of likely N-dealkylation sites (tertiary alicyclic amines) is 1. The lowest BCUT2D eigenvalue weighted by Gasteiger charge is -2.38. The first-order chi connectivity index (χ1) is 6.54. The maximum absolute atomic E-state index is 11.7. The molecule has 0 unspecified atom stereocenters. The predicted molar refractivity (Wildman–Crippen MR) is 56.3 cm³/mol. The van der Waals surface area contributed by atoms with Crippen LogP contribution in [0.3, 0.4) is 0 Å². The molecule has 82 valence electrons. The molecule has 0 aromatic carbocycles. The van der Waals surface area contributed by atoms with Crippen molar-refractivity contribution in [2.45, 2.75) is 50.6 Å². The lowest BCUT2D eigenvalue weighted by Crippen LogP contribution is -2.50. The van der Waals surface area contributed by atoms with E-state index in [4.69, 9.17) is 11.6 Å². The van der Waals surface area contributed by atoms with E-state index in [0.29, 0.717) is 0 Å². The molecule has 0 radical (unpaired) electrons. The van der Waals surface area contributed by atoms with Gasteiger partial charge in [0.25, 0.3) is 0 Å². The number of hydrogen-bond acceptors (Lipinski definition) is 2. The molecule has 1 amide bonds. The number of piperidine rings is 1. The summed E-state index contributed by atoms with van der Waals surface area (Å²) in [5.74, 6) is -0.0581. The molecule has 1 saturated heterocycles. The Bertz CT molecular complexity index is 206. The fraction of sp³-hybridized carbons (Fsp3) is 0.900. The molecule has 0 aliphatic carbocycles. The van der Waals surface area contributed by atoms with Gasteiger partial charge in [-0.2, -0.15) is 0 Å². The van der Waals surface area contributed by atoms with Crippen molar-refractivity contribution in [3.63, 3.8) is 0 Å². The van der Waals surface area contributed by atoms with E-state index >= 15 is 0 Å². The van der Waals surface area contributed by atoms with Crippen molar-refractivity contribution in [2.75, 3.05) is 6.54 Å². The summed E-state index contributed by atoms with van der Waals surface area (Å²) in [6.45, 7) is 4.14. The van der Waals surface area contributed by atoms with Crippen LogP contribution in [-0.2, 0) is 4.79 Å². The van der Waals surface area contributed by atoms with Crippen LogP contribution in [0.1, 0.15) is 33.1 Å². The van der Waals surface area contributed by atoms with Gasteiger partial charge in [0.1, 0.15) is 5.38 Å². The molecule has 3 nitrogen and oxygen atoms in total. The third-order valence-electron chi connectivity index (χ3n) is 2.73. The van der Waals surface area contributed by atoms with E-state index in [1.54, 1.807) is 18.7 Å². The van der Waals surface area contributed by atoms with Crippen LogP contribution >= 0.6 is 11.6 Å². The number of carbonyl (C=O) groups excluding carboxylic acids is 1. The molecule has 1 N–H and O–H groups in total. The number of rotatable bonds is 2. The lowest BCUT2D eigenvalue weighted by molar-refractivity contribution is -0.136. The molecule has 0 aromatic heterocycles. The Labute approximate surface area is 90.0 Å². The Balaban J connectivity index is 2.67. The van der Waals surface area contributed by atoms with E-state index < -0.39 is 11.5 Å². The largest absolute Gasteiger partial charge is 0.391 e. The molecule has 0 spiro atoms. The summed E-state index contributed by atoms with van der Waals surface area (Å²) in [5.41, 5.74) is 0. The van der Waals surface area contributed by atoms with Gasteiger partial charge in [0.05, 0.1) is 12.1 Å². The number of amides is 1. The normalized spacial score (nSPS) is 27.1. The summed E-state index contributed by atoms with van der Waals surface area (Å²) in [6, 6.07) is -0.0440. The second-order valence-corrected chi connectivity index (χ2v) is 4.61. The summed E-state index contributed by atoms with van der Waals surface area (Å²) in [7, 11) is 0. The third kappa shape index (κ3) is 2.61. The highest BCUT2D eigenvalue weighted by molar-refractivity contribution is 6.30. The Kier molecular flexibility index (Phi) is 4.20. The molecule has 1 aliphatic rings. The topological polar surface area (TPSA) is 40.5 Å². The summed E-state index contributed by atoms with van der Waals surface area (Å²) in [4.78, 5) is 13.4. The maximum Gasteiger partial charge on any atom is 0.240 e. The van der Waals surface area contributed by atoms with Crippen molar-refractivity contribution in [2.24, 2.45) is 0 Å². The number of halogens is 1. The molecule has 1 fully saturated rings. The number of hydrogen-bond donors (Lipinski definition) is 1. The fourth-order valence-electron chi connectivity index (χ4n) is 1.96. The molecule has 3 atom stereocenters. The van der Waals surface area contributed by atoms with E-state index in [1.165, 1.54) is 0 Å². The lowest BCUT2D eigenvalue weighted by atomic mass is 9.98. The number of aliphatic hydroxyl groups is 1. The van der Waals surface area contributed by atoms with Gasteiger partial charge in [0.2, 0.25) is 5.91 Å². The minimum Gasteiger partial charge on any atom is -0.391 e. The molecule has 1 aliphatic heterocycles. The van der Waals surface area contributed by atoms with E-state index in [2.05, 4.69) is 0 Å². The smallest absolute Gasteiger partial charge is 0.240 e. The zero-order valence-electron chi connectivity index (χ0n) is 8.74. The second kappa shape index (κ2) is 4.99. The Morgan fingerprint density at radius 1 is 1.50 bits per heavy atom. The van der Waals surface area contributed by atoms with Crippen molar-refractivity contribution < 1.29 is 9.90 Å². The van der Waals surface area contributed by atoms with E-state index in [1.807, 2.05) is 0 Å². The summed E-state index contributed by atoms with van der Waals surface area (Å²) in [6.07, 6.45) is 2.51. The standard InChI is InChI=1S/C10H18ClNO2/c1-7(11)10(14)12-6-4-3-5-9(12)8(2)13/h7-9,13H,3-6H2,1-2H3/t7-,8+,9+/m0/s1. The molecule has 4 heteroatoms. The van der Waals surface area contributed by atoms with E-state index in [9.17, 15) is 9.90 Å². The van der Waals surface area contributed by atoms with Crippen LogP contribution in [-0.4, -0.2) is 40.0 Å². The zero-order chi connectivity index (χ0) is 10.7. The molecule has 1 rings (SSSR count). The second-order valence-electron chi connectivity index (χ2n) is 3.95. The van der Waals surface area contributed by atoms with Crippen LogP contribution in [0.25, 0.3) is 0 Å². The first kappa shape index (κ1) is 11.8. The van der Waals surface area contributed by atoms with Gasteiger partial charge < -0.3 is 10.0 Å². The summed E-state index contributed by atoms with van der Waals surface area (Å²) >= 11 is 5.76. The van der Waals surface area contributed by atoms with Crippen LogP contribution in [0.4, 0.5) is 0 Å². The predicted octanol–water partition coefficient (Wildman–Crippen LogP) is 1.38. The first-order valence-corrected chi connectivity index (χ1v) is 5.60. The number of nitrogens with zero attached hydrogens (tertiary/aromatic N) is 1. The van der Waals surface area contributed by atoms with Crippen molar-refractivity contribution in [1.82, 2.24) is 4.90 Å². The van der Waals surface area contributed by atoms with Crippen LogP contribution in [0.2, 0.25) is 0 Å². The zero-order valence-corrected chi connectivity index (χ0v) is 9.50. The number of aliphatic hydroxyl groups excluding tert-OH is 1. The fourth-order valence-corrected chi connectivity index (χ4v) is 2.09. The first-order valence-electron chi connectivity index (χ1n) is 5.16. The molecular weight excluding hydrogens is 202 g/mol. The van der Waals surface area contributed by atoms with Gasteiger partial charge in [-0.1, -0.05) is 0 Å². The molecule has 1 heterocycles. The minimum atomic E-state index is -0.491. The van der Waals surface area contributed by atoms with Crippen molar-refractivity contribution in [1.29, 1.82) is 0 Å². The highest BCUT2D eigenvalue weighted by Gasteiger charge is 2.31.